The predicted octanol–water partition coefficient (Wildman–Crippen LogP) is 3.51. The van der Waals surface area contributed by atoms with Gasteiger partial charge >= 0.3 is 0 Å². The van der Waals surface area contributed by atoms with Gasteiger partial charge in [0.05, 0.1) is 18.8 Å². The molecule has 4 nitrogen and oxygen atoms in total. The maximum atomic E-state index is 12.8. The fourth-order valence-corrected chi connectivity index (χ4v) is 2.60. The van der Waals surface area contributed by atoms with Crippen LogP contribution in [0.3, 0.4) is 0 Å². The van der Waals surface area contributed by atoms with Gasteiger partial charge in [0.2, 0.25) is 0 Å². The topological polar surface area (TPSA) is 38.8 Å². The lowest BCUT2D eigenvalue weighted by atomic mass is 10.1. The Kier molecular flexibility index (Phi) is 4.00. The van der Waals surface area contributed by atoms with Gasteiger partial charge in [-0.25, -0.2) is 0 Å². The third-order valence-electron chi connectivity index (χ3n) is 3.58. The minimum Gasteiger partial charge on any atom is -0.494 e. The molecule has 1 atom stereocenters. The van der Waals surface area contributed by atoms with Gasteiger partial charge in [-0.15, -0.1) is 0 Å². The number of carbonyl (C=O) groups excluding carboxylic acids is 1. The first kappa shape index (κ1) is 14.4. The third-order valence-corrected chi connectivity index (χ3v) is 3.58. The average Bonchev–Trinajstić information content (AvgIpc) is 2.54. The Labute approximate surface area is 130 Å². The fraction of sp³-hybridized carbons (Fsp3) is 0.278. The van der Waals surface area contributed by atoms with Crippen molar-refractivity contribution in [3.8, 4) is 11.5 Å². The highest BCUT2D eigenvalue weighted by Crippen LogP contribution is 2.34. The average molecular weight is 297 g/mol. The number of carbonyl (C=O) groups is 1. The van der Waals surface area contributed by atoms with Crippen LogP contribution in [0.2, 0.25) is 0 Å². The molecule has 22 heavy (non-hydrogen) atoms. The lowest BCUT2D eigenvalue weighted by Gasteiger charge is -2.33. The van der Waals surface area contributed by atoms with Crippen LogP contribution in [-0.4, -0.2) is 25.2 Å². The Hall–Kier alpha value is -2.49. The quantitative estimate of drug-likeness (QED) is 0.870. The summed E-state index contributed by atoms with van der Waals surface area (Å²) < 4.78 is 11.2. The number of ether oxygens (including phenoxy) is 2. The fourth-order valence-electron chi connectivity index (χ4n) is 2.60. The van der Waals surface area contributed by atoms with E-state index >= 15 is 0 Å². The highest BCUT2D eigenvalue weighted by atomic mass is 16.5. The van der Waals surface area contributed by atoms with Crippen molar-refractivity contribution < 1.29 is 14.3 Å². The van der Waals surface area contributed by atoms with Gasteiger partial charge in [-0.2, -0.15) is 0 Å². The molecule has 1 unspecified atom stereocenters. The van der Waals surface area contributed by atoms with Gasteiger partial charge in [0.25, 0.3) is 5.91 Å². The first-order chi connectivity index (χ1) is 10.7. The van der Waals surface area contributed by atoms with Gasteiger partial charge in [-0.05, 0) is 50.2 Å². The summed E-state index contributed by atoms with van der Waals surface area (Å²) in [4.78, 5) is 14.6. The Morgan fingerprint density at radius 2 is 1.95 bits per heavy atom. The standard InChI is InChI=1S/C18H19NO3/c1-3-21-15-10-8-14(9-11-15)18(20)19-12-13(2)22-17-7-5-4-6-16(17)19/h4-11,13H,3,12H2,1-2H3. The maximum absolute atomic E-state index is 12.8. The minimum atomic E-state index is -0.0263. The van der Waals surface area contributed by atoms with Crippen molar-refractivity contribution in [2.45, 2.75) is 20.0 Å². The predicted molar refractivity (Wildman–Crippen MR) is 85.8 cm³/mol. The van der Waals surface area contributed by atoms with Crippen LogP contribution >= 0.6 is 0 Å². The van der Waals surface area contributed by atoms with Crippen LogP contribution in [0.4, 0.5) is 5.69 Å². The molecule has 1 aliphatic rings. The van der Waals surface area contributed by atoms with Crippen LogP contribution < -0.4 is 14.4 Å². The van der Waals surface area contributed by atoms with Crippen LogP contribution in [0.5, 0.6) is 11.5 Å². The number of fused-ring (bicyclic) bond motifs is 1. The van der Waals surface area contributed by atoms with Crippen LogP contribution in [-0.2, 0) is 0 Å². The summed E-state index contributed by atoms with van der Waals surface area (Å²) in [6, 6.07) is 14.9. The maximum Gasteiger partial charge on any atom is 0.258 e. The molecule has 0 aromatic heterocycles. The third kappa shape index (κ3) is 2.77. The lowest BCUT2D eigenvalue weighted by Crippen LogP contribution is -2.42. The van der Waals surface area contributed by atoms with E-state index in [1.807, 2.05) is 50.2 Å². The van der Waals surface area contributed by atoms with Crippen molar-refractivity contribution in [1.29, 1.82) is 0 Å². The smallest absolute Gasteiger partial charge is 0.258 e. The van der Waals surface area contributed by atoms with E-state index in [4.69, 9.17) is 9.47 Å². The molecule has 1 heterocycles. The van der Waals surface area contributed by atoms with Gasteiger partial charge < -0.3 is 14.4 Å². The second-order valence-corrected chi connectivity index (χ2v) is 5.27. The molecular weight excluding hydrogens is 278 g/mol. The van der Waals surface area contributed by atoms with Crippen molar-refractivity contribution >= 4 is 11.6 Å². The van der Waals surface area contributed by atoms with Crippen molar-refractivity contribution in [3.63, 3.8) is 0 Å². The molecule has 0 saturated heterocycles. The largest absolute Gasteiger partial charge is 0.494 e. The molecule has 0 radical (unpaired) electrons. The Morgan fingerprint density at radius 1 is 1.23 bits per heavy atom. The number of amides is 1. The zero-order valence-electron chi connectivity index (χ0n) is 12.8. The molecule has 114 valence electrons. The van der Waals surface area contributed by atoms with E-state index in [0.717, 1.165) is 17.2 Å². The second kappa shape index (κ2) is 6.10. The summed E-state index contributed by atoms with van der Waals surface area (Å²) in [5.41, 5.74) is 1.46. The number of para-hydroxylation sites is 2. The summed E-state index contributed by atoms with van der Waals surface area (Å²) in [6.45, 7) is 5.06. The number of benzene rings is 2. The summed E-state index contributed by atoms with van der Waals surface area (Å²) in [7, 11) is 0. The van der Waals surface area contributed by atoms with E-state index in [0.29, 0.717) is 18.7 Å². The summed E-state index contributed by atoms with van der Waals surface area (Å²) >= 11 is 0. The van der Waals surface area contributed by atoms with E-state index in [9.17, 15) is 4.79 Å². The van der Waals surface area contributed by atoms with Crippen molar-refractivity contribution in [2.75, 3.05) is 18.1 Å². The van der Waals surface area contributed by atoms with Crippen molar-refractivity contribution in [2.24, 2.45) is 0 Å². The van der Waals surface area contributed by atoms with Crippen LogP contribution in [0.1, 0.15) is 24.2 Å². The van der Waals surface area contributed by atoms with Gasteiger partial charge in [0.1, 0.15) is 17.6 Å². The van der Waals surface area contributed by atoms with E-state index in [1.165, 1.54) is 0 Å². The number of hydrogen-bond donors (Lipinski definition) is 0. The number of nitrogens with zero attached hydrogens (tertiary/aromatic N) is 1. The SMILES string of the molecule is CCOc1ccc(C(=O)N2CC(C)Oc3ccccc32)cc1. The molecule has 2 aromatic rings. The Bertz CT molecular complexity index is 666. The van der Waals surface area contributed by atoms with Gasteiger partial charge in [-0.3, -0.25) is 4.79 Å². The van der Waals surface area contributed by atoms with Gasteiger partial charge in [0, 0.05) is 5.56 Å². The molecule has 0 aliphatic carbocycles. The molecule has 2 aromatic carbocycles. The lowest BCUT2D eigenvalue weighted by molar-refractivity contribution is 0.0961. The molecule has 0 saturated carbocycles. The van der Waals surface area contributed by atoms with Crippen LogP contribution in [0, 0.1) is 0 Å². The Balaban J connectivity index is 1.88. The molecule has 4 heteroatoms. The first-order valence-electron chi connectivity index (χ1n) is 7.49. The second-order valence-electron chi connectivity index (χ2n) is 5.27. The van der Waals surface area contributed by atoms with E-state index in [2.05, 4.69) is 0 Å². The van der Waals surface area contributed by atoms with E-state index < -0.39 is 0 Å². The molecule has 1 aliphatic heterocycles. The molecule has 0 bridgehead atoms. The number of hydrogen-bond acceptors (Lipinski definition) is 3. The molecular formula is C18H19NO3. The van der Waals surface area contributed by atoms with Gasteiger partial charge in [0.15, 0.2) is 0 Å². The van der Waals surface area contributed by atoms with Crippen LogP contribution in [0.25, 0.3) is 0 Å². The zero-order valence-corrected chi connectivity index (χ0v) is 12.8. The zero-order chi connectivity index (χ0) is 15.5. The first-order valence-corrected chi connectivity index (χ1v) is 7.49. The van der Waals surface area contributed by atoms with E-state index in [1.54, 1.807) is 17.0 Å². The number of rotatable bonds is 3. The van der Waals surface area contributed by atoms with Crippen molar-refractivity contribution in [3.05, 3.63) is 54.1 Å². The molecule has 1 amide bonds. The van der Waals surface area contributed by atoms with E-state index in [-0.39, 0.29) is 12.0 Å². The summed E-state index contributed by atoms with van der Waals surface area (Å²) in [5, 5.41) is 0. The molecule has 0 fully saturated rings. The van der Waals surface area contributed by atoms with Crippen molar-refractivity contribution in [1.82, 2.24) is 0 Å². The molecule has 0 N–H and O–H groups in total. The van der Waals surface area contributed by atoms with Gasteiger partial charge in [-0.1, -0.05) is 12.1 Å². The van der Waals surface area contributed by atoms with Crippen LogP contribution in [0.15, 0.2) is 48.5 Å². The highest BCUT2D eigenvalue weighted by molar-refractivity contribution is 6.07. The normalized spacial score (nSPS) is 16.6. The summed E-state index contributed by atoms with van der Waals surface area (Å²) in [5.74, 6) is 1.50. The number of anilines is 1. The Morgan fingerprint density at radius 3 is 2.68 bits per heavy atom. The minimum absolute atomic E-state index is 0.0225. The summed E-state index contributed by atoms with van der Waals surface area (Å²) in [6.07, 6.45) is -0.0263. The highest BCUT2D eigenvalue weighted by Gasteiger charge is 2.27. The monoisotopic (exact) mass is 297 g/mol. The molecule has 3 rings (SSSR count). The molecule has 0 spiro atoms.